The predicted molar refractivity (Wildman–Crippen MR) is 79.4 cm³/mol. The van der Waals surface area contributed by atoms with Crippen molar-refractivity contribution in [2.75, 3.05) is 13.1 Å². The fourth-order valence-electron chi connectivity index (χ4n) is 2.46. The summed E-state index contributed by atoms with van der Waals surface area (Å²) in [5.41, 5.74) is 5.76. The van der Waals surface area contributed by atoms with Crippen LogP contribution in [0.25, 0.3) is 0 Å². The standard InChI is InChI=1S/C16H22F2N2O2/c1-10(11(2)19)16(21)20-7-5-13(6-8-20)22-15-4-3-12(17)9-14(15)18/h3-4,9-11,13H,5-8,19H2,1-2H3. The van der Waals surface area contributed by atoms with E-state index in [4.69, 9.17) is 10.5 Å². The summed E-state index contributed by atoms with van der Waals surface area (Å²) < 4.78 is 32.0. The Morgan fingerprint density at radius 2 is 1.95 bits per heavy atom. The van der Waals surface area contributed by atoms with Crippen LogP contribution in [0, 0.1) is 17.6 Å². The second-order valence-electron chi connectivity index (χ2n) is 5.87. The zero-order chi connectivity index (χ0) is 16.3. The summed E-state index contributed by atoms with van der Waals surface area (Å²) in [5, 5.41) is 0. The third-order valence-corrected chi connectivity index (χ3v) is 4.12. The number of hydrogen-bond donors (Lipinski definition) is 1. The highest BCUT2D eigenvalue weighted by molar-refractivity contribution is 5.79. The number of rotatable bonds is 4. The van der Waals surface area contributed by atoms with E-state index in [1.807, 2.05) is 13.8 Å². The van der Waals surface area contributed by atoms with Crippen LogP contribution in [0.2, 0.25) is 0 Å². The van der Waals surface area contributed by atoms with Crippen LogP contribution < -0.4 is 10.5 Å². The summed E-state index contributed by atoms with van der Waals surface area (Å²) in [4.78, 5) is 14.0. The summed E-state index contributed by atoms with van der Waals surface area (Å²) >= 11 is 0. The number of carbonyl (C=O) groups is 1. The second kappa shape index (κ2) is 7.05. The first-order chi connectivity index (χ1) is 10.4. The summed E-state index contributed by atoms with van der Waals surface area (Å²) in [6.07, 6.45) is 1.07. The molecule has 0 aliphatic carbocycles. The first kappa shape index (κ1) is 16.7. The number of amides is 1. The van der Waals surface area contributed by atoms with E-state index >= 15 is 0 Å². The molecule has 0 bridgehead atoms. The van der Waals surface area contributed by atoms with Crippen molar-refractivity contribution in [3.63, 3.8) is 0 Å². The molecule has 1 aliphatic heterocycles. The van der Waals surface area contributed by atoms with Gasteiger partial charge in [-0.3, -0.25) is 4.79 Å². The van der Waals surface area contributed by atoms with Gasteiger partial charge in [-0.05, 0) is 19.1 Å². The molecule has 0 saturated carbocycles. The molecular weight excluding hydrogens is 290 g/mol. The van der Waals surface area contributed by atoms with E-state index in [0.29, 0.717) is 25.9 Å². The SMILES string of the molecule is CC(N)C(C)C(=O)N1CCC(Oc2ccc(F)cc2F)CC1. The van der Waals surface area contributed by atoms with Crippen LogP contribution in [0.3, 0.4) is 0 Å². The van der Waals surface area contributed by atoms with Crippen molar-refractivity contribution in [3.8, 4) is 5.75 Å². The van der Waals surface area contributed by atoms with Crippen LogP contribution >= 0.6 is 0 Å². The molecule has 1 aromatic carbocycles. The van der Waals surface area contributed by atoms with Crippen LogP contribution in [0.15, 0.2) is 18.2 Å². The molecule has 2 unspecified atom stereocenters. The lowest BCUT2D eigenvalue weighted by Gasteiger charge is -2.34. The Balaban J connectivity index is 1.88. The number of benzene rings is 1. The molecule has 22 heavy (non-hydrogen) atoms. The minimum atomic E-state index is -0.705. The van der Waals surface area contributed by atoms with Gasteiger partial charge in [0.25, 0.3) is 0 Å². The fourth-order valence-corrected chi connectivity index (χ4v) is 2.46. The zero-order valence-electron chi connectivity index (χ0n) is 12.9. The third kappa shape index (κ3) is 3.94. The molecule has 2 rings (SSSR count). The van der Waals surface area contributed by atoms with E-state index < -0.39 is 11.6 Å². The maximum absolute atomic E-state index is 13.6. The Hall–Kier alpha value is -1.69. The second-order valence-corrected chi connectivity index (χ2v) is 5.87. The number of nitrogens with two attached hydrogens (primary N) is 1. The van der Waals surface area contributed by atoms with Gasteiger partial charge in [0, 0.05) is 38.0 Å². The molecule has 1 fully saturated rings. The van der Waals surface area contributed by atoms with Gasteiger partial charge in [0.05, 0.1) is 5.92 Å². The molecule has 6 heteroatoms. The Kier molecular flexibility index (Phi) is 5.34. The van der Waals surface area contributed by atoms with Crippen LogP contribution in [0.1, 0.15) is 26.7 Å². The number of likely N-dealkylation sites (tertiary alicyclic amines) is 1. The number of ether oxygens (including phenoxy) is 1. The summed E-state index contributed by atoms with van der Waals surface area (Å²) in [6.45, 7) is 4.76. The minimum absolute atomic E-state index is 0.0430. The smallest absolute Gasteiger partial charge is 0.226 e. The molecule has 0 aromatic heterocycles. The predicted octanol–water partition coefficient (Wildman–Crippen LogP) is 2.32. The van der Waals surface area contributed by atoms with Gasteiger partial charge in [-0.15, -0.1) is 0 Å². The molecular formula is C16H22F2N2O2. The summed E-state index contributed by atoms with van der Waals surface area (Å²) in [5.74, 6) is -1.46. The number of piperidine rings is 1. The van der Waals surface area contributed by atoms with Crippen molar-refractivity contribution >= 4 is 5.91 Å². The molecule has 2 atom stereocenters. The van der Waals surface area contributed by atoms with Crippen molar-refractivity contribution in [2.45, 2.75) is 38.8 Å². The Morgan fingerprint density at radius 1 is 1.32 bits per heavy atom. The highest BCUT2D eigenvalue weighted by atomic mass is 19.1. The monoisotopic (exact) mass is 312 g/mol. The topological polar surface area (TPSA) is 55.6 Å². The van der Waals surface area contributed by atoms with Gasteiger partial charge in [0.15, 0.2) is 11.6 Å². The highest BCUT2D eigenvalue weighted by Crippen LogP contribution is 2.23. The minimum Gasteiger partial charge on any atom is -0.487 e. The Bertz CT molecular complexity index is 529. The lowest BCUT2D eigenvalue weighted by atomic mass is 10.0. The first-order valence-corrected chi connectivity index (χ1v) is 7.54. The molecule has 0 spiro atoms. The molecule has 122 valence electrons. The Labute approximate surface area is 129 Å². The maximum Gasteiger partial charge on any atom is 0.226 e. The summed E-state index contributed by atoms with van der Waals surface area (Å²) in [6, 6.07) is 3.08. The number of carbonyl (C=O) groups excluding carboxylic acids is 1. The lowest BCUT2D eigenvalue weighted by molar-refractivity contribution is -0.137. The van der Waals surface area contributed by atoms with E-state index in [9.17, 15) is 13.6 Å². The van der Waals surface area contributed by atoms with E-state index in [2.05, 4.69) is 0 Å². The molecule has 1 aliphatic rings. The van der Waals surface area contributed by atoms with E-state index in [0.717, 1.165) is 6.07 Å². The van der Waals surface area contributed by atoms with Crippen molar-refractivity contribution < 1.29 is 18.3 Å². The van der Waals surface area contributed by atoms with E-state index in [-0.39, 0.29) is 29.7 Å². The van der Waals surface area contributed by atoms with E-state index in [1.165, 1.54) is 12.1 Å². The first-order valence-electron chi connectivity index (χ1n) is 7.54. The molecule has 2 N–H and O–H groups in total. The van der Waals surface area contributed by atoms with Crippen LogP contribution in [-0.4, -0.2) is 36.0 Å². The van der Waals surface area contributed by atoms with Crippen molar-refractivity contribution in [1.29, 1.82) is 0 Å². The highest BCUT2D eigenvalue weighted by Gasteiger charge is 2.28. The van der Waals surface area contributed by atoms with Crippen molar-refractivity contribution in [1.82, 2.24) is 4.90 Å². The average Bonchev–Trinajstić information content (AvgIpc) is 2.49. The lowest BCUT2D eigenvalue weighted by Crippen LogP contribution is -2.47. The van der Waals surface area contributed by atoms with Crippen LogP contribution in [0.4, 0.5) is 8.78 Å². The van der Waals surface area contributed by atoms with Gasteiger partial charge in [0.2, 0.25) is 5.91 Å². The molecule has 0 radical (unpaired) electrons. The maximum atomic E-state index is 13.6. The third-order valence-electron chi connectivity index (χ3n) is 4.12. The molecule has 1 aromatic rings. The van der Waals surface area contributed by atoms with Crippen LogP contribution in [-0.2, 0) is 4.79 Å². The number of nitrogens with zero attached hydrogens (tertiary/aromatic N) is 1. The zero-order valence-corrected chi connectivity index (χ0v) is 12.9. The quantitative estimate of drug-likeness (QED) is 0.928. The van der Waals surface area contributed by atoms with Gasteiger partial charge in [-0.25, -0.2) is 8.78 Å². The van der Waals surface area contributed by atoms with Gasteiger partial charge in [-0.1, -0.05) is 6.92 Å². The largest absolute Gasteiger partial charge is 0.487 e. The fraction of sp³-hybridized carbons (Fsp3) is 0.562. The molecule has 1 saturated heterocycles. The number of halogens is 2. The van der Waals surface area contributed by atoms with Crippen molar-refractivity contribution in [3.05, 3.63) is 29.8 Å². The van der Waals surface area contributed by atoms with E-state index in [1.54, 1.807) is 4.90 Å². The van der Waals surface area contributed by atoms with Crippen molar-refractivity contribution in [2.24, 2.45) is 11.7 Å². The van der Waals surface area contributed by atoms with Crippen LogP contribution in [0.5, 0.6) is 5.75 Å². The average molecular weight is 312 g/mol. The molecule has 1 heterocycles. The summed E-state index contributed by atoms with van der Waals surface area (Å²) in [7, 11) is 0. The molecule has 4 nitrogen and oxygen atoms in total. The molecule has 1 amide bonds. The normalized spacial score (nSPS) is 18.9. The number of hydrogen-bond acceptors (Lipinski definition) is 3. The van der Waals surface area contributed by atoms with Gasteiger partial charge in [0.1, 0.15) is 11.9 Å². The van der Waals surface area contributed by atoms with Gasteiger partial charge in [-0.2, -0.15) is 0 Å². The Morgan fingerprint density at radius 3 is 2.50 bits per heavy atom. The van der Waals surface area contributed by atoms with Gasteiger partial charge < -0.3 is 15.4 Å². The van der Waals surface area contributed by atoms with Gasteiger partial charge >= 0.3 is 0 Å².